The maximum absolute atomic E-state index is 5.97. The van der Waals surface area contributed by atoms with Crippen molar-refractivity contribution in [1.29, 1.82) is 0 Å². The molecule has 0 amide bonds. The topological polar surface area (TPSA) is 47.6 Å². The van der Waals surface area contributed by atoms with Crippen LogP contribution in [0.25, 0.3) is 0 Å². The first-order valence-electron chi connectivity index (χ1n) is 6.06. The summed E-state index contributed by atoms with van der Waals surface area (Å²) in [4.78, 5) is 4.36. The van der Waals surface area contributed by atoms with Crippen molar-refractivity contribution in [3.63, 3.8) is 0 Å². The third-order valence-corrected chi connectivity index (χ3v) is 3.43. The molecule has 0 saturated heterocycles. The zero-order valence-corrected chi connectivity index (χ0v) is 10.0. The normalized spacial score (nSPS) is 28.0. The summed E-state index contributed by atoms with van der Waals surface area (Å²) in [5.41, 5.74) is 5.97. The van der Waals surface area contributed by atoms with E-state index in [1.165, 1.54) is 32.1 Å². The highest BCUT2D eigenvalue weighted by atomic mass is 16.5. The molecule has 0 radical (unpaired) electrons. The Morgan fingerprint density at radius 1 is 1.33 bits per heavy atom. The third kappa shape index (κ3) is 4.20. The van der Waals surface area contributed by atoms with Gasteiger partial charge in [0.05, 0.1) is 19.0 Å². The summed E-state index contributed by atoms with van der Waals surface area (Å²) in [6.45, 7) is 3.65. The lowest BCUT2D eigenvalue weighted by Gasteiger charge is -2.27. The van der Waals surface area contributed by atoms with Gasteiger partial charge in [-0.25, -0.2) is 0 Å². The van der Waals surface area contributed by atoms with Crippen LogP contribution in [0, 0.1) is 11.8 Å². The average Bonchev–Trinajstić information content (AvgIpc) is 2.29. The van der Waals surface area contributed by atoms with Gasteiger partial charge in [-0.2, -0.15) is 0 Å². The maximum atomic E-state index is 5.97. The molecule has 1 rings (SSSR count). The minimum Gasteiger partial charge on any atom is -0.387 e. The van der Waals surface area contributed by atoms with E-state index in [0.29, 0.717) is 19.1 Å². The lowest BCUT2D eigenvalue weighted by Crippen LogP contribution is -2.28. The number of nitrogens with two attached hydrogens (primary N) is 1. The number of nitrogens with zero attached hydrogens (tertiary/aromatic N) is 1. The Hall–Kier alpha value is -0.570. The van der Waals surface area contributed by atoms with Crippen molar-refractivity contribution >= 4 is 5.84 Å². The molecule has 1 aliphatic carbocycles. The van der Waals surface area contributed by atoms with Crippen molar-refractivity contribution in [3.8, 4) is 0 Å². The SMILES string of the molecule is CCC1CCC(C(N)=NCCOC)CC1. The van der Waals surface area contributed by atoms with Gasteiger partial charge >= 0.3 is 0 Å². The third-order valence-electron chi connectivity index (χ3n) is 3.43. The van der Waals surface area contributed by atoms with Gasteiger partial charge in [-0.05, 0) is 31.6 Å². The molecular weight excluding hydrogens is 188 g/mol. The number of amidine groups is 1. The summed E-state index contributed by atoms with van der Waals surface area (Å²) < 4.78 is 4.95. The Kier molecular flexibility index (Phi) is 5.69. The fourth-order valence-electron chi connectivity index (χ4n) is 2.26. The van der Waals surface area contributed by atoms with E-state index >= 15 is 0 Å². The molecule has 1 aliphatic rings. The molecule has 2 N–H and O–H groups in total. The molecule has 3 nitrogen and oxygen atoms in total. The Morgan fingerprint density at radius 3 is 2.53 bits per heavy atom. The summed E-state index contributed by atoms with van der Waals surface area (Å²) in [5, 5.41) is 0. The number of rotatable bonds is 5. The summed E-state index contributed by atoms with van der Waals surface area (Å²) >= 11 is 0. The number of hydrogen-bond donors (Lipinski definition) is 1. The van der Waals surface area contributed by atoms with E-state index in [1.807, 2.05) is 0 Å². The monoisotopic (exact) mass is 212 g/mol. The van der Waals surface area contributed by atoms with Crippen LogP contribution in [-0.2, 0) is 4.74 Å². The molecule has 0 bridgehead atoms. The number of aliphatic imine (C=N–C) groups is 1. The van der Waals surface area contributed by atoms with E-state index < -0.39 is 0 Å². The molecular formula is C12H24N2O. The van der Waals surface area contributed by atoms with Crippen LogP contribution in [0.2, 0.25) is 0 Å². The van der Waals surface area contributed by atoms with Crippen molar-refractivity contribution in [3.05, 3.63) is 0 Å². The predicted octanol–water partition coefficient (Wildman–Crippen LogP) is 2.21. The minimum atomic E-state index is 0.532. The molecule has 0 heterocycles. The van der Waals surface area contributed by atoms with Crippen LogP contribution in [0.1, 0.15) is 39.0 Å². The molecule has 0 aromatic carbocycles. The van der Waals surface area contributed by atoms with Crippen LogP contribution in [0.5, 0.6) is 0 Å². The van der Waals surface area contributed by atoms with Crippen LogP contribution in [-0.4, -0.2) is 26.1 Å². The lowest BCUT2D eigenvalue weighted by molar-refractivity contribution is 0.207. The van der Waals surface area contributed by atoms with E-state index in [1.54, 1.807) is 7.11 Å². The first-order valence-corrected chi connectivity index (χ1v) is 6.06. The van der Waals surface area contributed by atoms with E-state index in [-0.39, 0.29) is 0 Å². The van der Waals surface area contributed by atoms with Crippen LogP contribution in [0.4, 0.5) is 0 Å². The Bertz CT molecular complexity index is 196. The molecule has 3 heteroatoms. The van der Waals surface area contributed by atoms with Crippen molar-refractivity contribution < 1.29 is 4.74 Å². The molecule has 1 fully saturated rings. The predicted molar refractivity (Wildman–Crippen MR) is 64.1 cm³/mol. The summed E-state index contributed by atoms with van der Waals surface area (Å²) in [6, 6.07) is 0. The van der Waals surface area contributed by atoms with Gasteiger partial charge < -0.3 is 10.5 Å². The molecule has 0 atom stereocenters. The molecule has 15 heavy (non-hydrogen) atoms. The highest BCUT2D eigenvalue weighted by Crippen LogP contribution is 2.30. The van der Waals surface area contributed by atoms with E-state index in [9.17, 15) is 0 Å². The van der Waals surface area contributed by atoms with Crippen LogP contribution in [0.15, 0.2) is 4.99 Å². The smallest absolute Gasteiger partial charge is 0.0969 e. The lowest BCUT2D eigenvalue weighted by atomic mass is 9.80. The van der Waals surface area contributed by atoms with Crippen LogP contribution >= 0.6 is 0 Å². The standard InChI is InChI=1S/C12H24N2O/c1-3-10-4-6-11(7-5-10)12(13)14-8-9-15-2/h10-11H,3-9H2,1-2H3,(H2,13,14). The van der Waals surface area contributed by atoms with Crippen molar-refractivity contribution in [2.45, 2.75) is 39.0 Å². The van der Waals surface area contributed by atoms with Gasteiger partial charge in [-0.15, -0.1) is 0 Å². The quantitative estimate of drug-likeness (QED) is 0.431. The summed E-state index contributed by atoms with van der Waals surface area (Å²) in [7, 11) is 1.69. The van der Waals surface area contributed by atoms with E-state index in [0.717, 1.165) is 11.8 Å². The maximum Gasteiger partial charge on any atom is 0.0969 e. The fourth-order valence-corrected chi connectivity index (χ4v) is 2.26. The van der Waals surface area contributed by atoms with Crippen LogP contribution < -0.4 is 5.73 Å². The van der Waals surface area contributed by atoms with Gasteiger partial charge in [0.1, 0.15) is 0 Å². The first kappa shape index (κ1) is 12.5. The number of methoxy groups -OCH3 is 1. The molecule has 0 aliphatic heterocycles. The summed E-state index contributed by atoms with van der Waals surface area (Å²) in [6.07, 6.45) is 6.40. The number of ether oxygens (including phenoxy) is 1. The second-order valence-corrected chi connectivity index (χ2v) is 4.43. The van der Waals surface area contributed by atoms with Crippen molar-refractivity contribution in [2.24, 2.45) is 22.6 Å². The first-order chi connectivity index (χ1) is 7.27. The average molecular weight is 212 g/mol. The van der Waals surface area contributed by atoms with E-state index in [2.05, 4.69) is 11.9 Å². The van der Waals surface area contributed by atoms with Gasteiger partial charge in [0.15, 0.2) is 0 Å². The van der Waals surface area contributed by atoms with Gasteiger partial charge in [0, 0.05) is 13.0 Å². The second kappa shape index (κ2) is 6.83. The largest absolute Gasteiger partial charge is 0.387 e. The fraction of sp³-hybridized carbons (Fsp3) is 0.917. The zero-order valence-electron chi connectivity index (χ0n) is 10.0. The molecule has 0 unspecified atom stereocenters. The Morgan fingerprint density at radius 2 is 2.00 bits per heavy atom. The molecule has 0 spiro atoms. The van der Waals surface area contributed by atoms with E-state index in [4.69, 9.17) is 10.5 Å². The Labute approximate surface area is 93.1 Å². The highest BCUT2D eigenvalue weighted by Gasteiger charge is 2.22. The van der Waals surface area contributed by atoms with Gasteiger partial charge in [-0.3, -0.25) is 4.99 Å². The zero-order chi connectivity index (χ0) is 11.1. The van der Waals surface area contributed by atoms with Gasteiger partial charge in [-0.1, -0.05) is 13.3 Å². The van der Waals surface area contributed by atoms with Gasteiger partial charge in [0.25, 0.3) is 0 Å². The van der Waals surface area contributed by atoms with Gasteiger partial charge in [0.2, 0.25) is 0 Å². The Balaban J connectivity index is 2.29. The number of hydrogen-bond acceptors (Lipinski definition) is 2. The molecule has 1 saturated carbocycles. The molecule has 0 aromatic rings. The van der Waals surface area contributed by atoms with Crippen molar-refractivity contribution in [1.82, 2.24) is 0 Å². The second-order valence-electron chi connectivity index (χ2n) is 4.43. The molecule has 0 aromatic heterocycles. The highest BCUT2D eigenvalue weighted by molar-refractivity contribution is 5.82. The molecule has 88 valence electrons. The van der Waals surface area contributed by atoms with Crippen LogP contribution in [0.3, 0.4) is 0 Å². The minimum absolute atomic E-state index is 0.532. The summed E-state index contributed by atoms with van der Waals surface area (Å²) in [5.74, 6) is 2.30. The van der Waals surface area contributed by atoms with Crippen molar-refractivity contribution in [2.75, 3.05) is 20.3 Å².